The van der Waals surface area contributed by atoms with Crippen molar-refractivity contribution in [1.29, 1.82) is 0 Å². The highest BCUT2D eigenvalue weighted by Gasteiger charge is 2.06. The van der Waals surface area contributed by atoms with Crippen molar-refractivity contribution in [3.8, 4) is 0 Å². The summed E-state index contributed by atoms with van der Waals surface area (Å²) >= 11 is 0. The van der Waals surface area contributed by atoms with Gasteiger partial charge in [-0.3, -0.25) is 4.79 Å². The minimum absolute atomic E-state index is 0.343. The summed E-state index contributed by atoms with van der Waals surface area (Å²) in [6.07, 6.45) is 1.30. The molecule has 0 saturated heterocycles. The van der Waals surface area contributed by atoms with Crippen LogP contribution in [0.5, 0.6) is 0 Å². The van der Waals surface area contributed by atoms with Crippen LogP contribution in [0.3, 0.4) is 0 Å². The lowest BCUT2D eigenvalue weighted by Gasteiger charge is -1.84. The lowest BCUT2D eigenvalue weighted by Crippen LogP contribution is -2.10. The number of hydrogen-bond acceptors (Lipinski definition) is 3. The Balaban J connectivity index is 3.08. The van der Waals surface area contributed by atoms with E-state index in [1.165, 1.54) is 6.20 Å². The molecule has 1 rings (SSSR count). The lowest BCUT2D eigenvalue weighted by molar-refractivity contribution is 0.0999. The zero-order valence-corrected chi connectivity index (χ0v) is 4.92. The summed E-state index contributed by atoms with van der Waals surface area (Å²) in [5.41, 5.74) is 5.26. The summed E-state index contributed by atoms with van der Waals surface area (Å²) in [6, 6.07) is 0. The number of amides is 1. The molecule has 0 saturated carbocycles. The van der Waals surface area contributed by atoms with Gasteiger partial charge in [0.15, 0.2) is 0 Å². The first-order valence-corrected chi connectivity index (χ1v) is 2.43. The quantitative estimate of drug-likeness (QED) is 0.579. The standard InChI is InChI=1S/C5H6N2O2/c1-3-4(5(6)8)2-7-9-3/h2H,1H3,(H2,6,8). The smallest absolute Gasteiger partial charge is 0.253 e. The fraction of sp³-hybridized carbons (Fsp3) is 0.200. The Labute approximate surface area is 51.6 Å². The first kappa shape index (κ1) is 5.81. The summed E-state index contributed by atoms with van der Waals surface area (Å²) in [4.78, 5) is 10.4. The summed E-state index contributed by atoms with van der Waals surface area (Å²) in [5, 5.41) is 3.37. The average molecular weight is 126 g/mol. The molecular formula is C5H6N2O2. The van der Waals surface area contributed by atoms with Gasteiger partial charge in [-0.2, -0.15) is 0 Å². The first-order chi connectivity index (χ1) is 4.22. The van der Waals surface area contributed by atoms with Crippen LogP contribution in [-0.4, -0.2) is 11.1 Å². The second-order valence-electron chi connectivity index (χ2n) is 1.66. The Bertz CT molecular complexity index is 229. The van der Waals surface area contributed by atoms with E-state index in [4.69, 9.17) is 5.73 Å². The molecule has 0 spiro atoms. The third-order valence-electron chi connectivity index (χ3n) is 1.02. The number of primary amides is 1. The average Bonchev–Trinajstić information content (AvgIpc) is 2.13. The second-order valence-corrected chi connectivity index (χ2v) is 1.66. The molecular weight excluding hydrogens is 120 g/mol. The highest BCUT2D eigenvalue weighted by atomic mass is 16.5. The molecule has 1 amide bonds. The molecule has 0 fully saturated rings. The van der Waals surface area contributed by atoms with Gasteiger partial charge >= 0.3 is 0 Å². The van der Waals surface area contributed by atoms with Gasteiger partial charge in [-0.25, -0.2) is 0 Å². The van der Waals surface area contributed by atoms with E-state index in [-0.39, 0.29) is 0 Å². The number of rotatable bonds is 1. The molecule has 0 aromatic carbocycles. The Morgan fingerprint density at radius 1 is 1.89 bits per heavy atom. The largest absolute Gasteiger partial charge is 0.365 e. The molecule has 0 aliphatic carbocycles. The molecule has 48 valence electrons. The number of carbonyl (C=O) groups excluding carboxylic acids is 1. The van der Waals surface area contributed by atoms with Crippen LogP contribution in [-0.2, 0) is 0 Å². The van der Waals surface area contributed by atoms with E-state index in [1.807, 2.05) is 0 Å². The molecule has 1 aromatic heterocycles. The normalized spacial score (nSPS) is 9.44. The number of aryl methyl sites for hydroxylation is 1. The molecule has 9 heavy (non-hydrogen) atoms. The third kappa shape index (κ3) is 0.910. The highest BCUT2D eigenvalue weighted by molar-refractivity contribution is 5.93. The van der Waals surface area contributed by atoms with Gasteiger partial charge in [0, 0.05) is 0 Å². The molecule has 1 heterocycles. The number of carbonyl (C=O) groups is 1. The van der Waals surface area contributed by atoms with Crippen molar-refractivity contribution in [3.05, 3.63) is 17.5 Å². The molecule has 0 aliphatic heterocycles. The molecule has 4 nitrogen and oxygen atoms in total. The van der Waals surface area contributed by atoms with E-state index in [0.717, 1.165) is 0 Å². The van der Waals surface area contributed by atoms with Gasteiger partial charge in [-0.15, -0.1) is 0 Å². The van der Waals surface area contributed by atoms with Crippen molar-refractivity contribution < 1.29 is 9.32 Å². The van der Waals surface area contributed by atoms with Crippen LogP contribution >= 0.6 is 0 Å². The van der Waals surface area contributed by atoms with Crippen molar-refractivity contribution >= 4 is 5.91 Å². The molecule has 0 atom stereocenters. The Morgan fingerprint density at radius 2 is 2.56 bits per heavy atom. The van der Waals surface area contributed by atoms with E-state index in [2.05, 4.69) is 9.68 Å². The summed E-state index contributed by atoms with van der Waals surface area (Å²) in [6.45, 7) is 1.63. The predicted molar refractivity (Wildman–Crippen MR) is 29.8 cm³/mol. The monoisotopic (exact) mass is 126 g/mol. The van der Waals surface area contributed by atoms with E-state index in [1.54, 1.807) is 6.92 Å². The van der Waals surface area contributed by atoms with Gasteiger partial charge in [0.2, 0.25) is 0 Å². The Morgan fingerprint density at radius 3 is 2.78 bits per heavy atom. The number of nitrogens with two attached hydrogens (primary N) is 1. The van der Waals surface area contributed by atoms with Crippen molar-refractivity contribution in [2.75, 3.05) is 0 Å². The number of nitrogens with zero attached hydrogens (tertiary/aromatic N) is 1. The molecule has 0 unspecified atom stereocenters. The highest BCUT2D eigenvalue weighted by Crippen LogP contribution is 2.02. The lowest BCUT2D eigenvalue weighted by atomic mass is 10.3. The maximum atomic E-state index is 10.4. The SMILES string of the molecule is Cc1oncc1C(N)=O. The van der Waals surface area contributed by atoms with Crippen LogP contribution in [0.2, 0.25) is 0 Å². The topological polar surface area (TPSA) is 69.1 Å². The van der Waals surface area contributed by atoms with Gasteiger partial charge in [0.05, 0.1) is 6.20 Å². The van der Waals surface area contributed by atoms with Gasteiger partial charge in [0.25, 0.3) is 5.91 Å². The van der Waals surface area contributed by atoms with E-state index >= 15 is 0 Å². The molecule has 2 N–H and O–H groups in total. The van der Waals surface area contributed by atoms with Crippen molar-refractivity contribution in [3.63, 3.8) is 0 Å². The van der Waals surface area contributed by atoms with Crippen LogP contribution in [0.4, 0.5) is 0 Å². The minimum atomic E-state index is -0.506. The molecule has 0 radical (unpaired) electrons. The Kier molecular flexibility index (Phi) is 1.22. The van der Waals surface area contributed by atoms with Gasteiger partial charge in [-0.05, 0) is 6.92 Å². The Hall–Kier alpha value is -1.32. The fourth-order valence-electron chi connectivity index (χ4n) is 0.535. The fourth-order valence-corrected chi connectivity index (χ4v) is 0.535. The molecule has 0 aliphatic rings. The maximum absolute atomic E-state index is 10.4. The number of hydrogen-bond donors (Lipinski definition) is 1. The van der Waals surface area contributed by atoms with Crippen LogP contribution < -0.4 is 5.73 Å². The summed E-state index contributed by atoms with van der Waals surface area (Å²) < 4.78 is 4.57. The van der Waals surface area contributed by atoms with Crippen LogP contribution in [0.25, 0.3) is 0 Å². The maximum Gasteiger partial charge on any atom is 0.253 e. The molecule has 1 aromatic rings. The predicted octanol–water partition coefficient (Wildman–Crippen LogP) is 0.0819. The van der Waals surface area contributed by atoms with Gasteiger partial charge in [0.1, 0.15) is 11.3 Å². The van der Waals surface area contributed by atoms with Crippen LogP contribution in [0, 0.1) is 6.92 Å². The van der Waals surface area contributed by atoms with Gasteiger partial charge < -0.3 is 10.3 Å². The number of aromatic nitrogens is 1. The molecule has 0 bridgehead atoms. The van der Waals surface area contributed by atoms with Crippen molar-refractivity contribution in [1.82, 2.24) is 5.16 Å². The summed E-state index contributed by atoms with van der Waals surface area (Å²) in [5.74, 6) is -0.0451. The van der Waals surface area contributed by atoms with Gasteiger partial charge in [-0.1, -0.05) is 5.16 Å². The zero-order chi connectivity index (χ0) is 6.85. The zero-order valence-electron chi connectivity index (χ0n) is 4.92. The van der Waals surface area contributed by atoms with Crippen molar-refractivity contribution in [2.45, 2.75) is 6.92 Å². The van der Waals surface area contributed by atoms with Crippen LogP contribution in [0.15, 0.2) is 10.7 Å². The van der Waals surface area contributed by atoms with E-state index in [9.17, 15) is 4.79 Å². The minimum Gasteiger partial charge on any atom is -0.365 e. The van der Waals surface area contributed by atoms with Crippen molar-refractivity contribution in [2.24, 2.45) is 5.73 Å². The molecule has 4 heteroatoms. The van der Waals surface area contributed by atoms with Crippen LogP contribution in [0.1, 0.15) is 16.1 Å². The van der Waals surface area contributed by atoms with E-state index in [0.29, 0.717) is 11.3 Å². The summed E-state index contributed by atoms with van der Waals surface area (Å²) in [7, 11) is 0. The first-order valence-electron chi connectivity index (χ1n) is 2.43. The van der Waals surface area contributed by atoms with E-state index < -0.39 is 5.91 Å². The third-order valence-corrected chi connectivity index (χ3v) is 1.02. The second kappa shape index (κ2) is 1.89.